The van der Waals surface area contributed by atoms with Gasteiger partial charge in [-0.2, -0.15) is 4.68 Å². The van der Waals surface area contributed by atoms with Crippen molar-refractivity contribution in [2.24, 2.45) is 0 Å². The molecule has 6 nitrogen and oxygen atoms in total. The average molecular weight is 280 g/mol. The Kier molecular flexibility index (Phi) is 3.97. The number of nitrogens with one attached hydrogen (secondary N) is 1. The fraction of sp³-hybridized carbons (Fsp3) is 0.200. The van der Waals surface area contributed by atoms with Crippen molar-refractivity contribution in [1.29, 1.82) is 0 Å². The molecule has 0 spiro atoms. The monoisotopic (exact) mass is 280 g/mol. The second-order valence-electron chi connectivity index (χ2n) is 4.73. The summed E-state index contributed by atoms with van der Waals surface area (Å²) in [6.07, 6.45) is 3.63. The van der Waals surface area contributed by atoms with Crippen molar-refractivity contribution >= 4 is 0 Å². The molecule has 0 amide bonds. The van der Waals surface area contributed by atoms with Gasteiger partial charge in [-0.3, -0.25) is 4.98 Å². The number of tetrazole rings is 1. The molecule has 0 radical (unpaired) electrons. The smallest absolute Gasteiger partial charge is 0.170 e. The maximum atomic E-state index is 4.13. The summed E-state index contributed by atoms with van der Waals surface area (Å²) in [4.78, 5) is 4.13. The summed E-state index contributed by atoms with van der Waals surface area (Å²) in [6, 6.07) is 14.0. The number of aromatic nitrogens is 5. The van der Waals surface area contributed by atoms with E-state index in [0.29, 0.717) is 6.54 Å². The number of hydrogen-bond acceptors (Lipinski definition) is 5. The number of para-hydroxylation sites is 1. The van der Waals surface area contributed by atoms with Gasteiger partial charge < -0.3 is 5.32 Å². The second-order valence-corrected chi connectivity index (χ2v) is 4.73. The predicted octanol–water partition coefficient (Wildman–Crippen LogP) is 1.91. The molecule has 1 unspecified atom stereocenters. The van der Waals surface area contributed by atoms with Crippen LogP contribution in [0.1, 0.15) is 24.4 Å². The third-order valence-electron chi connectivity index (χ3n) is 3.29. The number of rotatable bonds is 5. The van der Waals surface area contributed by atoms with E-state index in [1.165, 1.54) is 0 Å². The lowest BCUT2D eigenvalue weighted by atomic mass is 10.1. The molecule has 106 valence electrons. The van der Waals surface area contributed by atoms with Gasteiger partial charge in [-0.25, -0.2) is 0 Å². The van der Waals surface area contributed by atoms with E-state index >= 15 is 0 Å². The molecule has 0 fully saturated rings. The summed E-state index contributed by atoms with van der Waals surface area (Å²) in [5.41, 5.74) is 2.09. The lowest BCUT2D eigenvalue weighted by Gasteiger charge is -2.13. The van der Waals surface area contributed by atoms with E-state index in [4.69, 9.17) is 0 Å². The van der Waals surface area contributed by atoms with E-state index in [-0.39, 0.29) is 6.04 Å². The zero-order valence-electron chi connectivity index (χ0n) is 11.7. The largest absolute Gasteiger partial charge is 0.303 e. The summed E-state index contributed by atoms with van der Waals surface area (Å²) in [5.74, 6) is 0.775. The van der Waals surface area contributed by atoms with Gasteiger partial charge >= 0.3 is 0 Å². The van der Waals surface area contributed by atoms with Crippen LogP contribution in [0.5, 0.6) is 0 Å². The van der Waals surface area contributed by atoms with Crippen molar-refractivity contribution in [2.75, 3.05) is 0 Å². The van der Waals surface area contributed by atoms with Crippen LogP contribution in [-0.4, -0.2) is 25.2 Å². The van der Waals surface area contributed by atoms with Crippen molar-refractivity contribution in [2.45, 2.75) is 19.5 Å². The molecular formula is C15H16N6. The molecule has 0 bridgehead atoms. The second kappa shape index (κ2) is 6.23. The minimum absolute atomic E-state index is 0.180. The molecule has 21 heavy (non-hydrogen) atoms. The van der Waals surface area contributed by atoms with Crippen molar-refractivity contribution in [1.82, 2.24) is 30.5 Å². The van der Waals surface area contributed by atoms with Gasteiger partial charge in [0.25, 0.3) is 0 Å². The highest BCUT2D eigenvalue weighted by atomic mass is 15.5. The normalized spacial score (nSPS) is 12.2. The van der Waals surface area contributed by atoms with Crippen molar-refractivity contribution in [3.63, 3.8) is 0 Å². The van der Waals surface area contributed by atoms with Gasteiger partial charge in [-0.1, -0.05) is 24.3 Å². The molecule has 2 heterocycles. The first-order valence-electron chi connectivity index (χ1n) is 6.80. The van der Waals surface area contributed by atoms with Gasteiger partial charge in [0.1, 0.15) is 0 Å². The molecule has 1 aromatic carbocycles. The molecular weight excluding hydrogens is 264 g/mol. The fourth-order valence-corrected chi connectivity index (χ4v) is 2.08. The van der Waals surface area contributed by atoms with Crippen LogP contribution in [0.15, 0.2) is 54.9 Å². The van der Waals surface area contributed by atoms with Gasteiger partial charge in [-0.15, -0.1) is 5.10 Å². The number of pyridine rings is 1. The highest BCUT2D eigenvalue weighted by Crippen LogP contribution is 2.12. The quantitative estimate of drug-likeness (QED) is 0.773. The third-order valence-corrected chi connectivity index (χ3v) is 3.29. The number of benzene rings is 1. The first-order chi connectivity index (χ1) is 10.3. The maximum absolute atomic E-state index is 4.13. The van der Waals surface area contributed by atoms with Crippen molar-refractivity contribution < 1.29 is 0 Å². The van der Waals surface area contributed by atoms with Gasteiger partial charge in [0, 0.05) is 18.4 Å². The molecule has 0 saturated heterocycles. The van der Waals surface area contributed by atoms with Crippen LogP contribution in [0.25, 0.3) is 5.69 Å². The lowest BCUT2D eigenvalue weighted by Crippen LogP contribution is -2.20. The standard InChI is InChI=1S/C15H16N6/c1-12(13-6-5-9-16-10-13)17-11-15-18-19-20-21(15)14-7-3-2-4-8-14/h2-10,12,17H,11H2,1H3. The fourth-order valence-electron chi connectivity index (χ4n) is 2.08. The SMILES string of the molecule is CC(NCc1nnnn1-c1ccccc1)c1cccnc1. The Labute approximate surface area is 122 Å². The van der Waals surface area contributed by atoms with E-state index < -0.39 is 0 Å². The first-order valence-corrected chi connectivity index (χ1v) is 6.80. The van der Waals surface area contributed by atoms with Crippen LogP contribution in [0.3, 0.4) is 0 Å². The van der Waals surface area contributed by atoms with Gasteiger partial charge in [0.2, 0.25) is 0 Å². The van der Waals surface area contributed by atoms with Gasteiger partial charge in [0.05, 0.1) is 12.2 Å². The lowest BCUT2D eigenvalue weighted by molar-refractivity contribution is 0.549. The van der Waals surface area contributed by atoms with E-state index in [1.54, 1.807) is 10.9 Å². The van der Waals surface area contributed by atoms with Crippen LogP contribution >= 0.6 is 0 Å². The average Bonchev–Trinajstić information content (AvgIpc) is 3.03. The summed E-state index contributed by atoms with van der Waals surface area (Å²) in [6.45, 7) is 2.67. The molecule has 6 heteroatoms. The van der Waals surface area contributed by atoms with Crippen LogP contribution < -0.4 is 5.32 Å². The van der Waals surface area contributed by atoms with E-state index in [1.807, 2.05) is 48.7 Å². The molecule has 0 aliphatic rings. The van der Waals surface area contributed by atoms with Gasteiger partial charge in [0.15, 0.2) is 5.82 Å². The zero-order chi connectivity index (χ0) is 14.5. The van der Waals surface area contributed by atoms with Crippen molar-refractivity contribution in [3.05, 3.63) is 66.2 Å². The van der Waals surface area contributed by atoms with Gasteiger partial charge in [-0.05, 0) is 41.1 Å². The third kappa shape index (κ3) is 3.11. The molecule has 1 N–H and O–H groups in total. The Bertz CT molecular complexity index is 680. The Balaban J connectivity index is 1.71. The molecule has 2 aromatic heterocycles. The van der Waals surface area contributed by atoms with E-state index in [2.05, 4.69) is 32.7 Å². The van der Waals surface area contributed by atoms with Crippen molar-refractivity contribution in [3.8, 4) is 5.69 Å². The predicted molar refractivity (Wildman–Crippen MR) is 78.6 cm³/mol. The summed E-state index contributed by atoms with van der Waals surface area (Å²) in [5, 5.41) is 15.3. The topological polar surface area (TPSA) is 68.5 Å². The Hall–Kier alpha value is -2.60. The van der Waals surface area contributed by atoms with Crippen LogP contribution in [0.4, 0.5) is 0 Å². The summed E-state index contributed by atoms with van der Waals surface area (Å²) >= 11 is 0. The molecule has 3 aromatic rings. The minimum Gasteiger partial charge on any atom is -0.303 e. The Morgan fingerprint density at radius 2 is 2.00 bits per heavy atom. The minimum atomic E-state index is 0.180. The number of nitrogens with zero attached hydrogens (tertiary/aromatic N) is 5. The highest BCUT2D eigenvalue weighted by Gasteiger charge is 2.10. The molecule has 3 rings (SSSR count). The van der Waals surface area contributed by atoms with Crippen LogP contribution in [-0.2, 0) is 6.54 Å². The first kappa shape index (κ1) is 13.4. The zero-order valence-corrected chi connectivity index (χ0v) is 11.7. The molecule has 0 saturated carbocycles. The van der Waals surface area contributed by atoms with E-state index in [9.17, 15) is 0 Å². The van der Waals surface area contributed by atoms with Crippen LogP contribution in [0, 0.1) is 0 Å². The summed E-state index contributed by atoms with van der Waals surface area (Å²) in [7, 11) is 0. The van der Waals surface area contributed by atoms with E-state index in [0.717, 1.165) is 17.1 Å². The van der Waals surface area contributed by atoms with Crippen LogP contribution in [0.2, 0.25) is 0 Å². The number of hydrogen-bond donors (Lipinski definition) is 1. The molecule has 0 aliphatic heterocycles. The Morgan fingerprint density at radius 1 is 1.14 bits per heavy atom. The Morgan fingerprint density at radius 3 is 2.76 bits per heavy atom. The summed E-state index contributed by atoms with van der Waals surface area (Å²) < 4.78 is 1.74. The molecule has 1 atom stereocenters. The molecule has 0 aliphatic carbocycles. The highest BCUT2D eigenvalue weighted by molar-refractivity contribution is 5.30. The maximum Gasteiger partial charge on any atom is 0.170 e.